The van der Waals surface area contributed by atoms with Gasteiger partial charge in [0.25, 0.3) is 5.97 Å². The molecule has 8 N–H and O–H groups in total. The Labute approximate surface area is 198 Å². The molecule has 0 unspecified atom stereocenters. The Bertz CT molecular complexity index is 1200. The van der Waals surface area contributed by atoms with Gasteiger partial charge < -0.3 is 41.2 Å². The number of benzene rings is 1. The third-order valence-corrected chi connectivity index (χ3v) is 5.18. The van der Waals surface area contributed by atoms with E-state index in [1.165, 1.54) is 12.3 Å². The fraction of sp³-hybridized carbons (Fsp3) is 0.364. The molecule has 1 aliphatic heterocycles. The predicted octanol–water partition coefficient (Wildman–Crippen LogP) is -0.870. The molecule has 3 heterocycles. The Balaban J connectivity index is 0.000000795. The van der Waals surface area contributed by atoms with Crippen molar-refractivity contribution in [3.05, 3.63) is 58.8 Å². The second kappa shape index (κ2) is 11.1. The first-order valence-electron chi connectivity index (χ1n) is 10.6. The maximum absolute atomic E-state index is 12.3. The molecule has 188 valence electrons. The SMILES string of the molecule is CC(=O)O.Nc1ccn([C@@H]2O[C@H](COC(=O)[C@H](N)Cc3cc4ccccc4[nH]3)[C@@H](O)[C@@H]2O)c(=O)n1. The first kappa shape index (κ1) is 25.8. The Kier molecular flexibility index (Phi) is 8.19. The molecule has 0 amide bonds. The van der Waals surface area contributed by atoms with Gasteiger partial charge in [0.05, 0.1) is 0 Å². The van der Waals surface area contributed by atoms with Gasteiger partial charge in [0.1, 0.15) is 36.8 Å². The average molecular weight is 489 g/mol. The smallest absolute Gasteiger partial charge is 0.351 e. The standard InChI is InChI=1S/C20H23N5O6.C2H4O2/c21-12(8-11-7-10-3-1-2-4-13(10)23-11)19(28)30-9-14-16(26)17(27)18(31-14)25-6-5-15(22)24-20(25)29;1-2(3)4/h1-7,12,14,16-18,23,26-27H,8-9,21H2,(H2,22,24,29);1H3,(H,3,4)/t12-,14-,16-,17+,18-;/m1./s1. The average Bonchev–Trinajstić information content (AvgIpc) is 3.32. The number of hydrogen-bond acceptors (Lipinski definition) is 10. The van der Waals surface area contributed by atoms with Gasteiger partial charge in [0.2, 0.25) is 0 Å². The number of aliphatic carboxylic acids is 1. The van der Waals surface area contributed by atoms with E-state index in [1.54, 1.807) is 0 Å². The molecule has 0 aliphatic carbocycles. The number of carboxylic acid groups (broad SMARTS) is 1. The molecule has 0 spiro atoms. The van der Waals surface area contributed by atoms with Crippen LogP contribution in [0.2, 0.25) is 0 Å². The second-order valence-corrected chi connectivity index (χ2v) is 7.93. The lowest BCUT2D eigenvalue weighted by Gasteiger charge is -2.17. The van der Waals surface area contributed by atoms with Gasteiger partial charge in [0.15, 0.2) is 6.23 Å². The van der Waals surface area contributed by atoms with Crippen molar-refractivity contribution in [3.63, 3.8) is 0 Å². The molecule has 0 bridgehead atoms. The Hall–Kier alpha value is -3.78. The molecule has 5 atom stereocenters. The minimum Gasteiger partial charge on any atom is -0.481 e. The van der Waals surface area contributed by atoms with Gasteiger partial charge in [-0.05, 0) is 23.6 Å². The number of nitrogen functional groups attached to an aromatic ring is 1. The lowest BCUT2D eigenvalue weighted by molar-refractivity contribution is -0.151. The van der Waals surface area contributed by atoms with Crippen LogP contribution >= 0.6 is 0 Å². The van der Waals surface area contributed by atoms with E-state index >= 15 is 0 Å². The summed E-state index contributed by atoms with van der Waals surface area (Å²) in [5.74, 6) is -1.50. The van der Waals surface area contributed by atoms with Crippen molar-refractivity contribution in [3.8, 4) is 0 Å². The summed E-state index contributed by atoms with van der Waals surface area (Å²) in [5, 5.41) is 28.9. The number of aliphatic hydroxyl groups excluding tert-OH is 2. The van der Waals surface area contributed by atoms with Gasteiger partial charge in [-0.1, -0.05) is 18.2 Å². The van der Waals surface area contributed by atoms with E-state index in [0.717, 1.165) is 28.1 Å². The number of fused-ring (bicyclic) bond motifs is 1. The number of H-pyrrole nitrogens is 1. The van der Waals surface area contributed by atoms with Crippen molar-refractivity contribution < 1.29 is 34.4 Å². The van der Waals surface area contributed by atoms with E-state index in [-0.39, 0.29) is 18.8 Å². The van der Waals surface area contributed by atoms with Crippen LogP contribution in [0.15, 0.2) is 47.4 Å². The van der Waals surface area contributed by atoms with Crippen LogP contribution < -0.4 is 17.2 Å². The molecule has 13 heteroatoms. The maximum atomic E-state index is 12.3. The largest absolute Gasteiger partial charge is 0.481 e. The number of nitrogens with one attached hydrogen (secondary N) is 1. The summed E-state index contributed by atoms with van der Waals surface area (Å²) in [5.41, 5.74) is 12.4. The molecule has 1 aromatic carbocycles. The fourth-order valence-corrected chi connectivity index (χ4v) is 3.55. The van der Waals surface area contributed by atoms with Crippen molar-refractivity contribution in [2.75, 3.05) is 12.3 Å². The van der Waals surface area contributed by atoms with Crippen molar-refractivity contribution in [2.45, 2.75) is 43.9 Å². The third-order valence-electron chi connectivity index (χ3n) is 5.18. The van der Waals surface area contributed by atoms with Crippen LogP contribution in [0.25, 0.3) is 10.9 Å². The summed E-state index contributed by atoms with van der Waals surface area (Å²) in [4.78, 5) is 40.0. The monoisotopic (exact) mass is 489 g/mol. The lowest BCUT2D eigenvalue weighted by Crippen LogP contribution is -2.39. The van der Waals surface area contributed by atoms with Crippen LogP contribution in [-0.2, 0) is 25.5 Å². The molecule has 3 aromatic rings. The highest BCUT2D eigenvalue weighted by Crippen LogP contribution is 2.28. The van der Waals surface area contributed by atoms with Crippen LogP contribution in [0, 0.1) is 0 Å². The third kappa shape index (κ3) is 6.42. The fourth-order valence-electron chi connectivity index (χ4n) is 3.55. The first-order valence-corrected chi connectivity index (χ1v) is 10.6. The molecule has 4 rings (SSSR count). The number of carbonyl (C=O) groups is 2. The number of para-hydroxylation sites is 1. The van der Waals surface area contributed by atoms with Crippen LogP contribution in [0.3, 0.4) is 0 Å². The van der Waals surface area contributed by atoms with E-state index in [4.69, 9.17) is 30.8 Å². The van der Waals surface area contributed by atoms with E-state index in [9.17, 15) is 19.8 Å². The number of carbonyl (C=O) groups excluding carboxylic acids is 1. The van der Waals surface area contributed by atoms with Crippen molar-refractivity contribution in [2.24, 2.45) is 5.73 Å². The number of nitrogens with zero attached hydrogens (tertiary/aromatic N) is 2. The van der Waals surface area contributed by atoms with Crippen molar-refractivity contribution in [1.82, 2.24) is 14.5 Å². The van der Waals surface area contributed by atoms with Gasteiger partial charge in [-0.2, -0.15) is 4.98 Å². The topological polar surface area (TPSA) is 216 Å². The Morgan fingerprint density at radius 1 is 1.26 bits per heavy atom. The number of carboxylic acids is 1. The highest BCUT2D eigenvalue weighted by molar-refractivity contribution is 5.81. The van der Waals surface area contributed by atoms with Crippen LogP contribution in [0.4, 0.5) is 5.82 Å². The first-order chi connectivity index (χ1) is 16.6. The van der Waals surface area contributed by atoms with E-state index in [0.29, 0.717) is 0 Å². The van der Waals surface area contributed by atoms with Crippen molar-refractivity contribution in [1.29, 1.82) is 0 Å². The molecule has 1 aliphatic rings. The molecule has 0 saturated carbocycles. The number of hydrogen-bond donors (Lipinski definition) is 6. The molecule has 1 saturated heterocycles. The zero-order valence-corrected chi connectivity index (χ0v) is 18.8. The highest BCUT2D eigenvalue weighted by Gasteiger charge is 2.44. The lowest BCUT2D eigenvalue weighted by atomic mass is 10.1. The van der Waals surface area contributed by atoms with Gasteiger partial charge in [0, 0.05) is 30.8 Å². The van der Waals surface area contributed by atoms with Gasteiger partial charge in [-0.3, -0.25) is 14.2 Å². The molecule has 13 nitrogen and oxygen atoms in total. The number of aliphatic hydroxyl groups is 2. The molecule has 0 radical (unpaired) electrons. The van der Waals surface area contributed by atoms with E-state index in [1.807, 2.05) is 30.3 Å². The summed E-state index contributed by atoms with van der Waals surface area (Å²) >= 11 is 0. The molecule has 35 heavy (non-hydrogen) atoms. The van der Waals surface area contributed by atoms with Crippen LogP contribution in [0.1, 0.15) is 18.8 Å². The quantitative estimate of drug-likeness (QED) is 0.234. The maximum Gasteiger partial charge on any atom is 0.351 e. The van der Waals surface area contributed by atoms with Crippen molar-refractivity contribution >= 4 is 28.7 Å². The molecule has 1 fully saturated rings. The van der Waals surface area contributed by atoms with E-state index in [2.05, 4.69) is 9.97 Å². The minimum atomic E-state index is -1.42. The van der Waals surface area contributed by atoms with Crippen LogP contribution in [-0.4, -0.2) is 72.8 Å². The summed E-state index contributed by atoms with van der Waals surface area (Å²) in [6, 6.07) is 10.0. The second-order valence-electron chi connectivity index (χ2n) is 7.93. The van der Waals surface area contributed by atoms with E-state index < -0.39 is 48.2 Å². The highest BCUT2D eigenvalue weighted by atomic mass is 16.6. The summed E-state index contributed by atoms with van der Waals surface area (Å²) < 4.78 is 11.7. The number of nitrogens with two attached hydrogens (primary N) is 2. The minimum absolute atomic E-state index is 0.0173. The van der Waals surface area contributed by atoms with Crippen LogP contribution in [0.5, 0.6) is 0 Å². The van der Waals surface area contributed by atoms with Gasteiger partial charge >= 0.3 is 11.7 Å². The summed E-state index contributed by atoms with van der Waals surface area (Å²) in [6.45, 7) is 0.741. The molecule has 2 aromatic heterocycles. The number of anilines is 1. The number of rotatable bonds is 6. The summed E-state index contributed by atoms with van der Waals surface area (Å²) in [7, 11) is 0. The van der Waals surface area contributed by atoms with Gasteiger partial charge in [-0.25, -0.2) is 4.79 Å². The Morgan fingerprint density at radius 3 is 2.60 bits per heavy atom. The summed E-state index contributed by atoms with van der Waals surface area (Å²) in [6.07, 6.45) is -3.51. The number of aromatic amines is 1. The normalized spacial score (nSPS) is 22.3. The predicted molar refractivity (Wildman–Crippen MR) is 123 cm³/mol. The molecular weight excluding hydrogens is 462 g/mol. The number of aromatic nitrogens is 3. The molecular formula is C22H27N5O8. The van der Waals surface area contributed by atoms with Gasteiger partial charge in [-0.15, -0.1) is 0 Å². The number of ether oxygens (including phenoxy) is 2. The zero-order chi connectivity index (χ0) is 25.7. The number of esters is 1. The zero-order valence-electron chi connectivity index (χ0n) is 18.8. The Morgan fingerprint density at radius 2 is 1.94 bits per heavy atom.